The van der Waals surface area contributed by atoms with Gasteiger partial charge in [0.2, 0.25) is 5.91 Å². The second-order valence-electron chi connectivity index (χ2n) is 5.73. The number of aromatic hydroxyl groups is 1. The van der Waals surface area contributed by atoms with E-state index in [0.717, 1.165) is 5.56 Å². The van der Waals surface area contributed by atoms with Crippen molar-refractivity contribution in [3.05, 3.63) is 58.5 Å². The lowest BCUT2D eigenvalue weighted by Crippen LogP contribution is -2.15. The van der Waals surface area contributed by atoms with E-state index in [4.69, 9.17) is 4.42 Å². The predicted octanol–water partition coefficient (Wildman–Crippen LogP) is 3.49. The van der Waals surface area contributed by atoms with Gasteiger partial charge in [0.25, 0.3) is 5.91 Å². The average Bonchev–Trinajstić information content (AvgIpc) is 3.19. The molecule has 134 valence electrons. The Balaban J connectivity index is 1.60. The Hall–Kier alpha value is -3.13. The fourth-order valence-corrected chi connectivity index (χ4v) is 3.04. The average molecular weight is 371 g/mol. The van der Waals surface area contributed by atoms with Crippen LogP contribution in [0.15, 0.2) is 40.3 Å². The van der Waals surface area contributed by atoms with Gasteiger partial charge in [0.05, 0.1) is 29.6 Å². The largest absolute Gasteiger partial charge is 0.506 e. The number of phenolic OH excluding ortho intramolecular Hbond substituents is 1. The maximum Gasteiger partial charge on any atom is 0.260 e. The molecule has 0 spiro atoms. The van der Waals surface area contributed by atoms with Gasteiger partial charge in [0.15, 0.2) is 5.13 Å². The number of phenols is 1. The second-order valence-corrected chi connectivity index (χ2v) is 6.59. The summed E-state index contributed by atoms with van der Waals surface area (Å²) in [7, 11) is 0. The summed E-state index contributed by atoms with van der Waals surface area (Å²) in [5.74, 6) is -0.0826. The Morgan fingerprint density at radius 3 is 2.73 bits per heavy atom. The minimum Gasteiger partial charge on any atom is -0.506 e. The van der Waals surface area contributed by atoms with Gasteiger partial charge >= 0.3 is 0 Å². The number of carbonyl (C=O) groups is 2. The first-order chi connectivity index (χ1) is 12.4. The highest BCUT2D eigenvalue weighted by Gasteiger charge is 2.15. The number of carbonyl (C=O) groups excluding carboxylic acids is 2. The summed E-state index contributed by atoms with van der Waals surface area (Å²) in [5, 5.41) is 17.3. The zero-order chi connectivity index (χ0) is 18.7. The lowest BCUT2D eigenvalue weighted by Gasteiger charge is -2.07. The van der Waals surface area contributed by atoms with E-state index in [0.29, 0.717) is 27.8 Å². The zero-order valence-electron chi connectivity index (χ0n) is 14.2. The van der Waals surface area contributed by atoms with Gasteiger partial charge in [-0.1, -0.05) is 6.07 Å². The molecule has 0 aliphatic carbocycles. The number of hydrogen-bond donors (Lipinski definition) is 3. The Morgan fingerprint density at radius 2 is 2.04 bits per heavy atom. The number of furan rings is 1. The molecule has 0 bridgehead atoms. The molecule has 7 nitrogen and oxygen atoms in total. The third-order valence-corrected chi connectivity index (χ3v) is 4.45. The van der Waals surface area contributed by atoms with Crippen molar-refractivity contribution in [1.82, 2.24) is 4.98 Å². The topological polar surface area (TPSA) is 104 Å². The van der Waals surface area contributed by atoms with Crippen LogP contribution in [0.3, 0.4) is 0 Å². The van der Waals surface area contributed by atoms with E-state index < -0.39 is 0 Å². The van der Waals surface area contributed by atoms with Crippen molar-refractivity contribution in [2.45, 2.75) is 20.3 Å². The summed E-state index contributed by atoms with van der Waals surface area (Å²) in [4.78, 5) is 28.5. The Morgan fingerprint density at radius 1 is 1.23 bits per heavy atom. The molecule has 0 fully saturated rings. The number of benzene rings is 1. The van der Waals surface area contributed by atoms with Gasteiger partial charge in [0.1, 0.15) is 11.5 Å². The second kappa shape index (κ2) is 7.40. The van der Waals surface area contributed by atoms with Crippen LogP contribution < -0.4 is 10.6 Å². The number of rotatable bonds is 5. The van der Waals surface area contributed by atoms with Gasteiger partial charge in [-0.25, -0.2) is 4.98 Å². The summed E-state index contributed by atoms with van der Waals surface area (Å²) in [6.45, 7) is 3.55. The first-order valence-electron chi connectivity index (χ1n) is 7.81. The molecular weight excluding hydrogens is 354 g/mol. The number of nitrogens with zero attached hydrogens (tertiary/aromatic N) is 1. The normalized spacial score (nSPS) is 10.5. The number of hydrogen-bond acceptors (Lipinski definition) is 6. The molecule has 2 aromatic heterocycles. The monoisotopic (exact) mass is 371 g/mol. The number of amides is 2. The van der Waals surface area contributed by atoms with Gasteiger partial charge in [-0.15, -0.1) is 11.3 Å². The van der Waals surface area contributed by atoms with Crippen molar-refractivity contribution in [2.24, 2.45) is 0 Å². The van der Waals surface area contributed by atoms with Crippen LogP contribution in [-0.2, 0) is 11.2 Å². The number of aryl methyl sites for hydroxylation is 2. The van der Waals surface area contributed by atoms with Crippen LogP contribution in [0, 0.1) is 13.8 Å². The van der Waals surface area contributed by atoms with Crippen molar-refractivity contribution < 1.29 is 19.1 Å². The molecule has 1 aromatic carbocycles. The number of nitrogens with one attached hydrogen (secondary N) is 2. The standard InChI is InChI=1S/C18H17N3O4S/c1-10-3-4-14(15(22)7-10)20-16(23)8-12-9-26-18(19-12)21-17(24)13-5-6-25-11(13)2/h3-7,9,22H,8H2,1-2H3,(H,20,23)(H,19,21,24). The SMILES string of the molecule is Cc1ccc(NC(=O)Cc2csc(NC(=O)c3ccoc3C)n2)c(O)c1. The van der Waals surface area contributed by atoms with Crippen molar-refractivity contribution in [3.63, 3.8) is 0 Å². The zero-order valence-corrected chi connectivity index (χ0v) is 15.0. The number of anilines is 2. The van der Waals surface area contributed by atoms with Crippen LogP contribution in [0.1, 0.15) is 27.4 Å². The molecule has 3 rings (SSSR count). The Bertz CT molecular complexity index is 961. The molecule has 0 saturated heterocycles. The molecule has 3 aromatic rings. The van der Waals surface area contributed by atoms with E-state index in [9.17, 15) is 14.7 Å². The number of aromatic nitrogens is 1. The van der Waals surface area contributed by atoms with E-state index in [-0.39, 0.29) is 24.0 Å². The van der Waals surface area contributed by atoms with Crippen molar-refractivity contribution in [3.8, 4) is 5.75 Å². The van der Waals surface area contributed by atoms with Gasteiger partial charge in [-0.05, 0) is 37.6 Å². The molecule has 0 aliphatic rings. The van der Waals surface area contributed by atoms with Gasteiger partial charge < -0.3 is 14.8 Å². The van der Waals surface area contributed by atoms with E-state index in [1.807, 2.05) is 6.92 Å². The highest BCUT2D eigenvalue weighted by atomic mass is 32.1. The van der Waals surface area contributed by atoms with E-state index in [1.54, 1.807) is 36.6 Å². The first-order valence-corrected chi connectivity index (χ1v) is 8.69. The molecule has 2 heterocycles. The molecule has 0 aliphatic heterocycles. The highest BCUT2D eigenvalue weighted by molar-refractivity contribution is 7.14. The molecule has 0 atom stereocenters. The van der Waals surface area contributed by atoms with Gasteiger partial charge in [-0.3, -0.25) is 14.9 Å². The summed E-state index contributed by atoms with van der Waals surface area (Å²) < 4.78 is 5.10. The smallest absolute Gasteiger partial charge is 0.260 e. The van der Waals surface area contributed by atoms with Crippen molar-refractivity contribution >= 4 is 34.0 Å². The van der Waals surface area contributed by atoms with Crippen molar-refractivity contribution in [1.29, 1.82) is 0 Å². The van der Waals surface area contributed by atoms with Gasteiger partial charge in [0, 0.05) is 5.38 Å². The quantitative estimate of drug-likeness (QED) is 0.596. The highest BCUT2D eigenvalue weighted by Crippen LogP contribution is 2.24. The first kappa shape index (κ1) is 17.7. The Labute approximate surface area is 153 Å². The summed E-state index contributed by atoms with van der Waals surface area (Å²) >= 11 is 1.23. The van der Waals surface area contributed by atoms with Crippen molar-refractivity contribution in [2.75, 3.05) is 10.6 Å². The van der Waals surface area contributed by atoms with Crippen LogP contribution in [0.25, 0.3) is 0 Å². The van der Waals surface area contributed by atoms with E-state index in [1.165, 1.54) is 17.6 Å². The molecule has 0 radical (unpaired) electrons. The van der Waals surface area contributed by atoms with E-state index in [2.05, 4.69) is 15.6 Å². The number of thiazole rings is 1. The predicted molar refractivity (Wildman–Crippen MR) is 98.7 cm³/mol. The summed E-state index contributed by atoms with van der Waals surface area (Å²) in [6.07, 6.45) is 1.48. The lowest BCUT2D eigenvalue weighted by atomic mass is 10.2. The summed E-state index contributed by atoms with van der Waals surface area (Å²) in [5.41, 5.74) is 2.21. The molecule has 8 heteroatoms. The van der Waals surface area contributed by atoms with Gasteiger partial charge in [-0.2, -0.15) is 0 Å². The Kier molecular flexibility index (Phi) is 5.04. The molecule has 0 saturated carbocycles. The molecule has 26 heavy (non-hydrogen) atoms. The maximum absolute atomic E-state index is 12.1. The van der Waals surface area contributed by atoms with Crippen LogP contribution in [0.2, 0.25) is 0 Å². The molecule has 3 N–H and O–H groups in total. The minimum atomic E-state index is -0.314. The van der Waals surface area contributed by atoms with E-state index >= 15 is 0 Å². The third-order valence-electron chi connectivity index (χ3n) is 3.64. The van der Waals surface area contributed by atoms with Crippen LogP contribution in [0.5, 0.6) is 5.75 Å². The molecular formula is C18H17N3O4S. The molecule has 0 unspecified atom stereocenters. The maximum atomic E-state index is 12.1. The fourth-order valence-electron chi connectivity index (χ4n) is 2.34. The minimum absolute atomic E-state index is 0.0139. The fraction of sp³-hybridized carbons (Fsp3) is 0.167. The molecule has 2 amide bonds. The third kappa shape index (κ3) is 4.09. The lowest BCUT2D eigenvalue weighted by molar-refractivity contribution is -0.115. The van der Waals surface area contributed by atoms with Crippen LogP contribution in [-0.4, -0.2) is 21.9 Å². The van der Waals surface area contributed by atoms with Crippen LogP contribution in [0.4, 0.5) is 10.8 Å². The van der Waals surface area contributed by atoms with Crippen LogP contribution >= 0.6 is 11.3 Å². The summed E-state index contributed by atoms with van der Waals surface area (Å²) in [6, 6.07) is 6.59.